The van der Waals surface area contributed by atoms with Crippen LogP contribution in [0.2, 0.25) is 0 Å². The summed E-state index contributed by atoms with van der Waals surface area (Å²) in [7, 11) is 0. The van der Waals surface area contributed by atoms with Crippen LogP contribution in [-0.2, 0) is 70.3 Å². The molecule has 6 atom stereocenters. The molecule has 2 saturated heterocycles. The molecule has 2 aromatic carbocycles. The lowest BCUT2D eigenvalue weighted by molar-refractivity contribution is -0.195. The molecule has 2 aromatic rings. The Morgan fingerprint density at radius 2 is 1.11 bits per heavy atom. The predicted molar refractivity (Wildman–Crippen MR) is 311 cm³/mol. The van der Waals surface area contributed by atoms with Crippen LogP contribution in [-0.4, -0.2) is 193 Å². The Bertz CT molecular complexity index is 2510. The molecule has 2 amide bonds. The molecule has 2 aliphatic heterocycles. The van der Waals surface area contributed by atoms with Gasteiger partial charge in [-0.15, -0.1) is 8.78 Å². The van der Waals surface area contributed by atoms with E-state index >= 15 is 0 Å². The first-order chi connectivity index (χ1) is 40.8. The average molecular weight is 1240 g/mol. The van der Waals surface area contributed by atoms with E-state index < -0.39 is 90.6 Å². The van der Waals surface area contributed by atoms with Crippen LogP contribution < -0.4 is 20.1 Å². The average Bonchev–Trinajstić information content (AvgIpc) is 1.90. The van der Waals surface area contributed by atoms with Crippen molar-refractivity contribution in [1.82, 2.24) is 15.5 Å². The summed E-state index contributed by atoms with van der Waals surface area (Å²) in [6, 6.07) is 9.06. The lowest BCUT2D eigenvalue weighted by Gasteiger charge is -2.34. The van der Waals surface area contributed by atoms with Crippen LogP contribution in [0.3, 0.4) is 0 Å². The third kappa shape index (κ3) is 31.5. The molecule has 0 aliphatic carbocycles. The number of oxime groups is 1. The maximum atomic E-state index is 13.8. The number of benzene rings is 2. The maximum Gasteiger partial charge on any atom is 0.495 e. The van der Waals surface area contributed by atoms with Crippen LogP contribution >= 0.6 is 0 Å². The molecular weight excluding hydrogens is 1150 g/mol. The number of hydrogen-bond acceptors (Lipinski definition) is 21. The summed E-state index contributed by atoms with van der Waals surface area (Å²) in [6.07, 6.45) is -6.89. The Morgan fingerprint density at radius 1 is 0.644 bits per heavy atom. The second-order valence-corrected chi connectivity index (χ2v) is 23.9. The van der Waals surface area contributed by atoms with E-state index in [-0.39, 0.29) is 49.1 Å². The summed E-state index contributed by atoms with van der Waals surface area (Å²) < 4.78 is 80.1. The molecule has 25 nitrogen and oxygen atoms in total. The number of aryl methyl sites for hydroxylation is 1. The van der Waals surface area contributed by atoms with Crippen LogP contribution in [0.1, 0.15) is 148 Å². The number of aliphatic hydroxyl groups excluding tert-OH is 2. The zero-order chi connectivity index (χ0) is 65.0. The third-order valence-corrected chi connectivity index (χ3v) is 13.7. The number of carboxylic acid groups (broad SMARTS) is 2. The first-order valence-corrected chi connectivity index (χ1v) is 28.9. The number of hydrogen-bond donors (Lipinski definition) is 6. The number of halogens is 2. The minimum atomic E-state index is -1.98. The molecule has 0 bridgehead atoms. The lowest BCUT2D eigenvalue weighted by Crippen LogP contribution is -2.45. The second-order valence-electron chi connectivity index (χ2n) is 23.9. The van der Waals surface area contributed by atoms with Gasteiger partial charge < -0.3 is 88.2 Å². The van der Waals surface area contributed by atoms with E-state index in [0.717, 1.165) is 18.7 Å². The normalized spacial score (nSPS) is 18.9. The number of nitrogens with one attached hydrogen (secondary N) is 2. The van der Waals surface area contributed by atoms with Gasteiger partial charge in [0.1, 0.15) is 31.3 Å². The standard InChI is InChI=1S/C45H75FN4O14.C15H17FO7/c1-32(2)49-62-26-25-58-24-23-57-22-19-50(17-13-44(7,8)60-20-15-42(3,4)47-31-51)18-14-45(9,10)61-21-16-43(5,6)48-39(53)35-27-33(30-59-41(46)56)11-12-36(35)63-38-29-34(52)28-37(64-38)40(54)55;1-8-4-9(7-21-15(16)20)2-3-11(8)22-13-6-10(17)5-12(23-13)14(18)19/h11-12,27,31,34,37-38,52H,13-26,28-30H2,1-10H3,(H,47,51)(H,48,53)(H,54,55);2-4,10,12-13,17H,5-7H2,1H3,(H,18,19). The molecule has 0 radical (unpaired) electrons. The minimum Gasteiger partial charge on any atom is -0.479 e. The van der Waals surface area contributed by atoms with E-state index in [1.54, 1.807) is 25.1 Å². The molecule has 0 saturated carbocycles. The largest absolute Gasteiger partial charge is 0.495 e. The molecule has 87 heavy (non-hydrogen) atoms. The molecule has 4 rings (SSSR count). The number of carbonyl (C=O) groups is 6. The van der Waals surface area contributed by atoms with Crippen LogP contribution in [0.5, 0.6) is 11.5 Å². The number of amides is 2. The molecule has 0 aromatic heterocycles. The summed E-state index contributed by atoms with van der Waals surface area (Å²) in [4.78, 5) is 75.8. The number of nitrogens with zero attached hydrogens (tertiary/aromatic N) is 2. The second kappa shape index (κ2) is 37.0. The van der Waals surface area contributed by atoms with Gasteiger partial charge in [0, 0.05) is 69.6 Å². The molecule has 2 fully saturated rings. The van der Waals surface area contributed by atoms with E-state index in [0.29, 0.717) is 107 Å². The Kier molecular flexibility index (Phi) is 31.9. The van der Waals surface area contributed by atoms with Crippen LogP contribution in [0.4, 0.5) is 18.4 Å². The minimum absolute atomic E-state index is 0.00321. The Labute approximate surface area is 507 Å². The summed E-state index contributed by atoms with van der Waals surface area (Å²) in [5, 5.41) is 48.1. The van der Waals surface area contributed by atoms with Gasteiger partial charge in [0.25, 0.3) is 5.91 Å². The Balaban J connectivity index is 0.000000712. The number of aliphatic hydroxyl groups is 2. The van der Waals surface area contributed by atoms with Crippen molar-refractivity contribution in [3.63, 3.8) is 0 Å². The first kappa shape index (κ1) is 75.1. The van der Waals surface area contributed by atoms with Crippen LogP contribution in [0, 0.1) is 6.92 Å². The van der Waals surface area contributed by atoms with E-state index in [1.807, 2.05) is 55.4 Å². The molecular formula is C60H92F2N4O21. The molecule has 492 valence electrons. The van der Waals surface area contributed by atoms with Gasteiger partial charge >= 0.3 is 24.4 Å². The van der Waals surface area contributed by atoms with Crippen molar-refractivity contribution in [3.8, 4) is 11.5 Å². The Hall–Kier alpha value is -6.17. The zero-order valence-corrected chi connectivity index (χ0v) is 52.0. The van der Waals surface area contributed by atoms with E-state index in [4.69, 9.17) is 47.8 Å². The fourth-order valence-electron chi connectivity index (χ4n) is 8.59. The highest BCUT2D eigenvalue weighted by molar-refractivity contribution is 5.97. The fourth-order valence-corrected chi connectivity index (χ4v) is 8.59. The van der Waals surface area contributed by atoms with Gasteiger partial charge in [-0.1, -0.05) is 17.3 Å². The van der Waals surface area contributed by atoms with Gasteiger partial charge in [0.2, 0.25) is 19.0 Å². The van der Waals surface area contributed by atoms with Crippen molar-refractivity contribution in [1.29, 1.82) is 0 Å². The van der Waals surface area contributed by atoms with Gasteiger partial charge in [-0.3, -0.25) is 9.59 Å². The smallest absolute Gasteiger partial charge is 0.479 e. The van der Waals surface area contributed by atoms with Gasteiger partial charge in [0.05, 0.1) is 61.1 Å². The van der Waals surface area contributed by atoms with Crippen molar-refractivity contribution < 1.29 is 110 Å². The van der Waals surface area contributed by atoms with Crippen molar-refractivity contribution in [2.75, 3.05) is 65.9 Å². The summed E-state index contributed by atoms with van der Waals surface area (Å²) >= 11 is 0. The van der Waals surface area contributed by atoms with Gasteiger partial charge in [0.15, 0.2) is 12.2 Å². The summed E-state index contributed by atoms with van der Waals surface area (Å²) in [5.41, 5.74) is 0.255. The summed E-state index contributed by atoms with van der Waals surface area (Å²) in [5.74, 6) is -2.52. The highest BCUT2D eigenvalue weighted by Gasteiger charge is 2.36. The highest BCUT2D eigenvalue weighted by Crippen LogP contribution is 2.30. The number of carbonyl (C=O) groups excluding carboxylic acids is 4. The monoisotopic (exact) mass is 1240 g/mol. The molecule has 27 heteroatoms. The molecule has 0 spiro atoms. The van der Waals surface area contributed by atoms with E-state index in [1.165, 1.54) is 18.2 Å². The third-order valence-electron chi connectivity index (χ3n) is 13.7. The molecule has 2 heterocycles. The SMILES string of the molecule is CC(C)=NOCCOCCOCCN(CCC(C)(C)OCCC(C)(C)NC=O)CCC(C)(C)OCCC(C)(C)NC(=O)c1cc(COC(=O)F)ccc1OC1CC(O)CC(C(=O)O)O1.Cc1cc(COC(=O)F)ccc1OC1CC(O)CC(C(=O)O)O1. The van der Waals surface area contributed by atoms with Crippen molar-refractivity contribution in [2.45, 2.75) is 200 Å². The first-order valence-electron chi connectivity index (χ1n) is 28.9. The van der Waals surface area contributed by atoms with E-state index in [2.05, 4.69) is 44.0 Å². The summed E-state index contributed by atoms with van der Waals surface area (Å²) in [6.45, 7) is 25.6. The quantitative estimate of drug-likeness (QED) is 0.0125. The van der Waals surface area contributed by atoms with Crippen molar-refractivity contribution in [3.05, 3.63) is 58.7 Å². The molecule has 6 N–H and O–H groups in total. The fraction of sp³-hybridized carbons (Fsp3) is 0.683. The maximum absolute atomic E-state index is 13.8. The van der Waals surface area contributed by atoms with Gasteiger partial charge in [-0.2, -0.15) is 0 Å². The Morgan fingerprint density at radius 3 is 1.60 bits per heavy atom. The van der Waals surface area contributed by atoms with Gasteiger partial charge in [-0.05, 0) is 143 Å². The lowest BCUT2D eigenvalue weighted by atomic mass is 9.99. The van der Waals surface area contributed by atoms with Crippen LogP contribution in [0.25, 0.3) is 0 Å². The molecule has 6 unspecified atom stereocenters. The van der Waals surface area contributed by atoms with Crippen molar-refractivity contribution in [2.24, 2.45) is 5.16 Å². The number of rotatable bonds is 38. The molecule has 2 aliphatic rings. The van der Waals surface area contributed by atoms with Gasteiger partial charge in [-0.25, -0.2) is 19.2 Å². The van der Waals surface area contributed by atoms with Crippen LogP contribution in [0.15, 0.2) is 41.6 Å². The number of ether oxygens (including phenoxy) is 10. The number of aliphatic carboxylic acids is 2. The zero-order valence-electron chi connectivity index (χ0n) is 52.0. The van der Waals surface area contributed by atoms with E-state index in [9.17, 15) is 52.9 Å². The highest BCUT2D eigenvalue weighted by atomic mass is 19.2. The topological polar surface area (TPSA) is 325 Å². The predicted octanol–water partition coefficient (Wildman–Crippen LogP) is 7.48. The number of carboxylic acids is 2. The van der Waals surface area contributed by atoms with Crippen molar-refractivity contribution >= 4 is 42.4 Å².